The number of hydrogen-bond donors (Lipinski definition) is 2. The summed E-state index contributed by atoms with van der Waals surface area (Å²) < 4.78 is 4.51. The first-order chi connectivity index (χ1) is 7.99. The van der Waals surface area contributed by atoms with Crippen LogP contribution in [0.3, 0.4) is 0 Å². The highest BCUT2D eigenvalue weighted by atomic mass is 16.5. The number of carbonyl (C=O) groups excluding carboxylic acids is 1. The zero-order valence-corrected chi connectivity index (χ0v) is 10.5. The van der Waals surface area contributed by atoms with E-state index in [-0.39, 0.29) is 6.54 Å². The molecule has 0 amide bonds. The fraction of sp³-hybridized carbons (Fsp3) is 0.462. The second kappa shape index (κ2) is 5.68. The lowest BCUT2D eigenvalue weighted by Gasteiger charge is -2.21. The van der Waals surface area contributed by atoms with E-state index in [0.29, 0.717) is 0 Å². The van der Waals surface area contributed by atoms with Crippen molar-refractivity contribution in [3.05, 3.63) is 29.8 Å². The Bertz CT molecular complexity index is 371. The van der Waals surface area contributed by atoms with Crippen LogP contribution in [-0.2, 0) is 16.0 Å². The van der Waals surface area contributed by atoms with Gasteiger partial charge in [0, 0.05) is 5.69 Å². The lowest BCUT2D eigenvalue weighted by atomic mass is 10.1. The lowest BCUT2D eigenvalue weighted by molar-refractivity contribution is -0.158. The molecule has 94 valence electrons. The van der Waals surface area contributed by atoms with Gasteiger partial charge < -0.3 is 15.2 Å². The molecule has 1 aromatic rings. The number of aryl methyl sites for hydroxylation is 1. The summed E-state index contributed by atoms with van der Waals surface area (Å²) in [6.45, 7) is 3.63. The minimum atomic E-state index is -1.52. The van der Waals surface area contributed by atoms with E-state index >= 15 is 0 Å². The van der Waals surface area contributed by atoms with Crippen molar-refractivity contribution in [3.63, 3.8) is 0 Å². The molecule has 0 heterocycles. The van der Waals surface area contributed by atoms with Gasteiger partial charge in [0.25, 0.3) is 0 Å². The molecule has 0 bridgehead atoms. The van der Waals surface area contributed by atoms with E-state index in [1.165, 1.54) is 19.6 Å². The second-order valence-electron chi connectivity index (χ2n) is 4.17. The average Bonchev–Trinajstić information content (AvgIpc) is 2.36. The highest BCUT2D eigenvalue weighted by Crippen LogP contribution is 2.12. The normalized spacial score (nSPS) is 13.9. The maximum absolute atomic E-state index is 11.2. The molecule has 17 heavy (non-hydrogen) atoms. The number of nitrogens with one attached hydrogen (secondary N) is 1. The Balaban J connectivity index is 2.57. The first-order valence-electron chi connectivity index (χ1n) is 5.63. The van der Waals surface area contributed by atoms with Crippen molar-refractivity contribution in [3.8, 4) is 0 Å². The van der Waals surface area contributed by atoms with E-state index in [4.69, 9.17) is 0 Å². The van der Waals surface area contributed by atoms with Gasteiger partial charge in [-0.2, -0.15) is 0 Å². The van der Waals surface area contributed by atoms with Crippen LogP contribution >= 0.6 is 0 Å². The van der Waals surface area contributed by atoms with Crippen molar-refractivity contribution in [1.29, 1.82) is 0 Å². The van der Waals surface area contributed by atoms with E-state index in [1.807, 2.05) is 24.3 Å². The van der Waals surface area contributed by atoms with Crippen LogP contribution in [0.25, 0.3) is 0 Å². The van der Waals surface area contributed by atoms with Gasteiger partial charge in [-0.1, -0.05) is 19.1 Å². The third kappa shape index (κ3) is 3.75. The molecule has 0 fully saturated rings. The van der Waals surface area contributed by atoms with Crippen LogP contribution in [0.1, 0.15) is 19.4 Å². The van der Waals surface area contributed by atoms with Crippen LogP contribution in [-0.4, -0.2) is 30.3 Å². The third-order valence-corrected chi connectivity index (χ3v) is 2.62. The maximum Gasteiger partial charge on any atom is 0.339 e. The molecule has 4 nitrogen and oxygen atoms in total. The average molecular weight is 237 g/mol. The first kappa shape index (κ1) is 13.5. The van der Waals surface area contributed by atoms with E-state index in [0.717, 1.165) is 12.1 Å². The molecule has 0 radical (unpaired) electrons. The Morgan fingerprint density at radius 3 is 2.47 bits per heavy atom. The summed E-state index contributed by atoms with van der Waals surface area (Å²) in [6.07, 6.45) is 0.986. The monoisotopic (exact) mass is 237 g/mol. The quantitative estimate of drug-likeness (QED) is 0.763. The smallest absolute Gasteiger partial charge is 0.339 e. The van der Waals surface area contributed by atoms with Crippen molar-refractivity contribution in [2.45, 2.75) is 25.9 Å². The van der Waals surface area contributed by atoms with Gasteiger partial charge in [0.15, 0.2) is 5.60 Å². The van der Waals surface area contributed by atoms with Crippen molar-refractivity contribution in [2.75, 3.05) is 19.0 Å². The number of rotatable bonds is 5. The minimum absolute atomic E-state index is 0.116. The van der Waals surface area contributed by atoms with Gasteiger partial charge in [0.1, 0.15) is 0 Å². The molecule has 0 aliphatic carbocycles. The van der Waals surface area contributed by atoms with Gasteiger partial charge in [-0.15, -0.1) is 0 Å². The molecule has 0 spiro atoms. The zero-order chi connectivity index (χ0) is 12.9. The highest BCUT2D eigenvalue weighted by Gasteiger charge is 2.30. The number of benzene rings is 1. The van der Waals surface area contributed by atoms with Gasteiger partial charge in [0.05, 0.1) is 13.7 Å². The maximum atomic E-state index is 11.2. The Hall–Kier alpha value is -1.55. The standard InChI is InChI=1S/C13H19NO3/c1-4-10-5-7-11(8-6-10)14-9-13(2,16)12(15)17-3/h5-8,14,16H,4,9H2,1-3H3. The molecule has 0 aliphatic rings. The van der Waals surface area contributed by atoms with Gasteiger partial charge in [-0.05, 0) is 31.0 Å². The Kier molecular flexibility index (Phi) is 4.52. The first-order valence-corrected chi connectivity index (χ1v) is 5.63. The summed E-state index contributed by atoms with van der Waals surface area (Å²) in [5.41, 5.74) is 0.597. The van der Waals surface area contributed by atoms with Gasteiger partial charge >= 0.3 is 5.97 Å². The molecule has 0 aliphatic heterocycles. The number of esters is 1. The van der Waals surface area contributed by atoms with Crippen molar-refractivity contribution in [1.82, 2.24) is 0 Å². The Morgan fingerprint density at radius 2 is 2.00 bits per heavy atom. The Morgan fingerprint density at radius 1 is 1.41 bits per heavy atom. The van der Waals surface area contributed by atoms with E-state index in [2.05, 4.69) is 17.0 Å². The van der Waals surface area contributed by atoms with E-state index in [1.54, 1.807) is 0 Å². The van der Waals surface area contributed by atoms with Crippen LogP contribution in [0.5, 0.6) is 0 Å². The fourth-order valence-electron chi connectivity index (χ4n) is 1.42. The van der Waals surface area contributed by atoms with Gasteiger partial charge in [-0.25, -0.2) is 4.79 Å². The molecule has 4 heteroatoms. The number of carbonyl (C=O) groups is 1. The molecular weight excluding hydrogens is 218 g/mol. The van der Waals surface area contributed by atoms with Crippen molar-refractivity contribution in [2.24, 2.45) is 0 Å². The molecule has 2 N–H and O–H groups in total. The summed E-state index contributed by atoms with van der Waals surface area (Å²) in [4.78, 5) is 11.2. The van der Waals surface area contributed by atoms with Crippen LogP contribution < -0.4 is 5.32 Å². The summed E-state index contributed by atoms with van der Waals surface area (Å²) in [6, 6.07) is 7.86. The molecule has 0 saturated carbocycles. The van der Waals surface area contributed by atoms with Gasteiger partial charge in [-0.3, -0.25) is 0 Å². The van der Waals surface area contributed by atoms with E-state index < -0.39 is 11.6 Å². The minimum Gasteiger partial charge on any atom is -0.467 e. The largest absolute Gasteiger partial charge is 0.467 e. The molecular formula is C13H19NO3. The van der Waals surface area contributed by atoms with Crippen molar-refractivity contribution < 1.29 is 14.6 Å². The number of hydrogen-bond acceptors (Lipinski definition) is 4. The zero-order valence-electron chi connectivity index (χ0n) is 10.5. The summed E-state index contributed by atoms with van der Waals surface area (Å²) in [7, 11) is 1.26. The summed E-state index contributed by atoms with van der Waals surface area (Å²) in [5, 5.41) is 12.8. The highest BCUT2D eigenvalue weighted by molar-refractivity contribution is 5.79. The molecule has 1 aromatic carbocycles. The fourth-order valence-corrected chi connectivity index (χ4v) is 1.42. The number of methoxy groups -OCH3 is 1. The van der Waals surface area contributed by atoms with Crippen LogP contribution in [0.2, 0.25) is 0 Å². The predicted molar refractivity (Wildman–Crippen MR) is 66.9 cm³/mol. The summed E-state index contributed by atoms with van der Waals surface area (Å²) >= 11 is 0. The molecule has 0 aromatic heterocycles. The molecule has 1 rings (SSSR count). The number of aliphatic hydroxyl groups is 1. The number of ether oxygens (including phenoxy) is 1. The summed E-state index contributed by atoms with van der Waals surface area (Å²) in [5.74, 6) is -0.643. The van der Waals surface area contributed by atoms with Crippen LogP contribution in [0.4, 0.5) is 5.69 Å². The third-order valence-electron chi connectivity index (χ3n) is 2.62. The molecule has 1 atom stereocenters. The Labute approximate surface area is 102 Å². The van der Waals surface area contributed by atoms with Crippen LogP contribution in [0.15, 0.2) is 24.3 Å². The molecule has 0 saturated heterocycles. The second-order valence-corrected chi connectivity index (χ2v) is 4.17. The SMILES string of the molecule is CCc1ccc(NCC(C)(O)C(=O)OC)cc1. The van der Waals surface area contributed by atoms with Crippen LogP contribution in [0, 0.1) is 0 Å². The van der Waals surface area contributed by atoms with Gasteiger partial charge in [0.2, 0.25) is 0 Å². The lowest BCUT2D eigenvalue weighted by Crippen LogP contribution is -2.42. The van der Waals surface area contributed by atoms with Crippen molar-refractivity contribution >= 4 is 11.7 Å². The predicted octanol–water partition coefficient (Wildman–Crippen LogP) is 1.58. The molecule has 1 unspecified atom stereocenters. The topological polar surface area (TPSA) is 58.6 Å². The van der Waals surface area contributed by atoms with E-state index in [9.17, 15) is 9.90 Å². The number of anilines is 1.